The molecule has 35 nitrogen and oxygen atoms in total. The summed E-state index contributed by atoms with van der Waals surface area (Å²) < 4.78 is 404. The van der Waals surface area contributed by atoms with E-state index >= 15 is 0 Å². The van der Waals surface area contributed by atoms with Gasteiger partial charge in [-0.15, -0.1) is 0 Å². The highest BCUT2D eigenvalue weighted by Crippen LogP contribution is 2.35. The molecule has 600 valence electrons. The Morgan fingerprint density at radius 1 is 0.383 bits per heavy atom. The molecule has 0 radical (unpaired) electrons. The molecule has 35 heteroatoms. The van der Waals surface area contributed by atoms with Crippen LogP contribution in [0.25, 0.3) is 79.4 Å². The number of likely N-dealkylation sites (tertiary alicyclic amines) is 5. The van der Waals surface area contributed by atoms with Crippen molar-refractivity contribution in [1.29, 1.82) is 0 Å². The van der Waals surface area contributed by atoms with Crippen molar-refractivity contribution in [2.75, 3.05) is 157 Å². The minimum Gasteiger partial charge on any atom is -0.354 e. The highest BCUT2D eigenvalue weighted by Gasteiger charge is 2.39. The van der Waals surface area contributed by atoms with Crippen LogP contribution in [0.4, 0.5) is 29.1 Å². The second-order valence-electron chi connectivity index (χ2n) is 24.0. The van der Waals surface area contributed by atoms with Gasteiger partial charge in [-0.3, -0.25) is 24.0 Å². The van der Waals surface area contributed by atoms with Gasteiger partial charge in [-0.25, -0.2) is 82.7 Å². The van der Waals surface area contributed by atoms with Crippen molar-refractivity contribution in [3.8, 4) is 0 Å². The molecule has 10 aromatic rings. The summed E-state index contributed by atoms with van der Waals surface area (Å²) in [6, 6.07) is -2.87. The zero-order valence-corrected chi connectivity index (χ0v) is 61.4. The third-order valence-corrected chi connectivity index (χ3v) is 17.0. The van der Waals surface area contributed by atoms with Gasteiger partial charge >= 0.3 is 29.5 Å². The maximum atomic E-state index is 12.9. The molecule has 0 spiro atoms. The van der Waals surface area contributed by atoms with Crippen molar-refractivity contribution < 1.29 is 91.1 Å². The number of carbonyl (C=O) groups excluding carboxylic acids is 5. The number of likely N-dealkylation sites (N-methyl/N-ethyl adjacent to an activating group) is 5. The first-order chi connectivity index (χ1) is 74.1. The molecule has 115 heavy (non-hydrogen) atoms. The molecule has 0 aliphatic carbocycles. The average molecular weight is 1610 g/mol. The summed E-state index contributed by atoms with van der Waals surface area (Å²) in [6.07, 6.45) is -2.96. The number of aromatic amines is 5. The van der Waals surface area contributed by atoms with E-state index in [1.807, 2.05) is 0 Å². The van der Waals surface area contributed by atoms with Crippen LogP contribution < -0.4 is 24.5 Å². The van der Waals surface area contributed by atoms with Crippen LogP contribution in [0.2, 0.25) is 0 Å². The van der Waals surface area contributed by atoms with Crippen LogP contribution in [-0.4, -0.2) is 292 Å². The lowest BCUT2D eigenvalue weighted by Gasteiger charge is -2.41. The normalized spacial score (nSPS) is 36.8. The van der Waals surface area contributed by atoms with E-state index in [9.17, 15) is 24.0 Å². The van der Waals surface area contributed by atoms with Crippen molar-refractivity contribution in [2.45, 2.75) is 96.5 Å². The van der Waals surface area contributed by atoms with Gasteiger partial charge in [0.1, 0.15) is 103 Å². The number of rotatable bonds is 15. The molecule has 10 atom stereocenters. The van der Waals surface area contributed by atoms with Gasteiger partial charge in [-0.2, -0.15) is 0 Å². The van der Waals surface area contributed by atoms with Crippen molar-refractivity contribution in [2.24, 2.45) is 29.5 Å². The summed E-state index contributed by atoms with van der Waals surface area (Å²) in [6.45, 7) is -19.5. The van der Waals surface area contributed by atoms with Crippen LogP contribution in [0.15, 0.2) is 93.0 Å². The predicted octanol–water partition coefficient (Wildman–Crippen LogP) is 7.75. The largest absolute Gasteiger partial charge is 0.354 e. The number of fused-ring (bicyclic) bond motifs is 5. The summed E-state index contributed by atoms with van der Waals surface area (Å²) >= 11 is 0. The lowest BCUT2D eigenvalue weighted by molar-refractivity contribution is -0.131. The van der Waals surface area contributed by atoms with Crippen molar-refractivity contribution in [3.63, 3.8) is 0 Å². The van der Waals surface area contributed by atoms with Gasteiger partial charge in [0, 0.05) is 170 Å². The van der Waals surface area contributed by atoms with Crippen LogP contribution in [0.3, 0.4) is 0 Å². The topological polar surface area (TPSA) is 347 Å². The number of nitrogens with one attached hydrogen (secondary N) is 5. The Kier molecular flexibility index (Phi) is 13.4. The zero-order chi connectivity index (χ0) is 126. The SMILES string of the molecule is [2H]C([2H])([N+]#[C-])C(=O)N1C([2H])([2H])C([2H])([2H])[C@@H](C)[C@@]([2H])(N(C)c2ncnc3[nH]ccc23)C1([2H])[2H].[2H]C([2H])([N+]#[C-])C(=O)N1C([2H])([2H])[C@H](N(C)c2ncnc3[nH]ccc23)[C@H](C([2H])([2H])[2H])C([2H])([2H])C1([2H])[2H].[2H]C([2H])([N+]#[C-])C(=O)N1C([2H])([2H])[C@H](N(C)c2ncnc3[nH]ccc23)[C@H](C)C([2H])([2H])C1([2H])[2H].[2H]C([2H])([N+]#[C-])C(=O)N1C([2H])([2H])[C@H](N(C)c2ncnc3[nH]ccc23)[C@]([2H])(C([2H])([2H])[2H])C([2H])([2H])C1([2H])[2H].[2H]C([2H])([N+]#[C-])C(=O)N1C([2H])([2H])[C@H](N(C)c2ncnc3[nH]ccc23)[C@]([2H])(C)C([2H])([2H])C1([2H])[2H]. The van der Waals surface area contributed by atoms with Crippen LogP contribution in [0.1, 0.15) is 134 Å². The van der Waals surface area contributed by atoms with Crippen molar-refractivity contribution in [1.82, 2.24) is 99.3 Å². The molecule has 0 aromatic carbocycles. The number of piperidine rings is 5. The standard InChI is InChI=1S/5C16H20N6O/c5*1-11-5-7-22(14(23)8-17-2)9-13(11)21(3)16-12-4-6-18-15(12)19-10-20-16/h5*4,6,10-11,13H,5,7-9H2,1,3H3,(H,18,19,20)/t5*11-,13+/m11111/s1/i1D3,5D2,7D2,8D2,9D2,11D;5D2,7D2,8D2,9D2,13D;5D2,7D2,8D2,9D2,11D;1D3,5D2,7D2,8D2,9D2;5D2,7D2,8D2,9D2. The first kappa shape index (κ1) is 40.1. The third kappa shape index (κ3) is 19.2. The van der Waals surface area contributed by atoms with Gasteiger partial charge < -0.3 is 98.1 Å². The Morgan fingerprint density at radius 2 is 0.643 bits per heavy atom. The molecule has 0 bridgehead atoms. The third-order valence-electron chi connectivity index (χ3n) is 17.0. The molecule has 5 fully saturated rings. The van der Waals surface area contributed by atoms with E-state index < -0.39 is 237 Å². The van der Waals surface area contributed by atoms with Gasteiger partial charge in [0.25, 0.3) is 32.5 Å². The van der Waals surface area contributed by atoms with Crippen LogP contribution in [-0.2, 0) is 24.0 Å². The molecule has 5 amide bonds. The Labute approximate surface area is 737 Å². The number of hydrogen-bond acceptors (Lipinski definition) is 20. The molecule has 5 saturated heterocycles. The summed E-state index contributed by atoms with van der Waals surface area (Å²) in [7, 11) is 6.29. The molecule has 0 saturated carbocycles. The number of carbonyl (C=O) groups is 5. The second-order valence-corrected chi connectivity index (χ2v) is 24.0. The Hall–Kier alpha value is -13.1. The fourth-order valence-electron chi connectivity index (χ4n) is 11.4. The minimum atomic E-state index is -3.87. The summed E-state index contributed by atoms with van der Waals surface area (Å²) in [5.74, 6) is -20.9. The summed E-state index contributed by atoms with van der Waals surface area (Å²) in [5.41, 5.74) is 1.70. The quantitative estimate of drug-likeness (QED) is 0.0612. The number of amides is 5. The van der Waals surface area contributed by atoms with E-state index in [1.165, 1.54) is 83.4 Å². The van der Waals surface area contributed by atoms with Crippen LogP contribution in [0, 0.1) is 62.4 Å². The van der Waals surface area contributed by atoms with Gasteiger partial charge in [-0.05, 0) is 91.7 Å². The lowest BCUT2D eigenvalue weighted by Crippen LogP contribution is -2.53. The molecule has 15 heterocycles. The highest BCUT2D eigenvalue weighted by molar-refractivity contribution is 5.91. The Morgan fingerprint density at radius 3 is 0.965 bits per heavy atom. The van der Waals surface area contributed by atoms with Crippen molar-refractivity contribution >= 4 is 114 Å². The van der Waals surface area contributed by atoms with E-state index in [0.29, 0.717) is 44.1 Å². The highest BCUT2D eigenvalue weighted by atomic mass is 16.2. The average Bonchev–Trinajstić information content (AvgIpc) is 0.676. The van der Waals surface area contributed by atoms with Gasteiger partial charge in [-0.1, -0.05) is 34.5 Å². The molecular weight excluding hydrogens is 1460 g/mol. The van der Waals surface area contributed by atoms with Crippen LogP contribution in [0.5, 0.6) is 0 Å². The number of anilines is 5. The second kappa shape index (κ2) is 38.4. The molecule has 0 unspecified atom stereocenters. The number of H-pyrrole nitrogens is 5. The van der Waals surface area contributed by atoms with E-state index in [-0.39, 0.29) is 59.7 Å². The smallest absolute Gasteiger partial charge is 0.302 e. The molecular formula is C80H100N30O5. The van der Waals surface area contributed by atoms with E-state index in [1.54, 1.807) is 30.6 Å². The molecule has 5 N–H and O–H groups in total. The van der Waals surface area contributed by atoms with E-state index in [4.69, 9.17) is 100 Å². The zero-order valence-electron chi connectivity index (χ0n) is 110. The molecule has 5 aliphatic rings. The van der Waals surface area contributed by atoms with E-state index in [2.05, 4.69) is 99.0 Å². The summed E-state index contributed by atoms with van der Waals surface area (Å²) in [4.78, 5) is 135. The Bertz CT molecular complexity index is 7690. The first-order valence-corrected chi connectivity index (χ1v) is 33.3. The van der Waals surface area contributed by atoms with Crippen LogP contribution >= 0.6 is 0 Å². The minimum absolute atomic E-state index is 0.0147. The van der Waals surface area contributed by atoms with E-state index in [0.717, 1.165) is 59.5 Å². The van der Waals surface area contributed by atoms with Gasteiger partial charge in [0.15, 0.2) is 0 Å². The van der Waals surface area contributed by atoms with Gasteiger partial charge in [0.2, 0.25) is 0 Å². The fraction of sp³-hybridized carbons (Fsp3) is 0.500. The first-order valence-electron chi connectivity index (χ1n) is 57.8. The predicted molar refractivity (Wildman–Crippen MR) is 440 cm³/mol. The monoisotopic (exact) mass is 1610 g/mol. The maximum absolute atomic E-state index is 12.9. The van der Waals surface area contributed by atoms with Gasteiger partial charge in [0.05, 0.1) is 72.2 Å². The number of aromatic nitrogens is 15. The van der Waals surface area contributed by atoms with Crippen molar-refractivity contribution in [3.05, 3.63) is 150 Å². The molecule has 15 rings (SSSR count). The molecule has 5 aliphatic heterocycles. The maximum Gasteiger partial charge on any atom is 0.302 e. The Balaban J connectivity index is 0.000000192. The summed E-state index contributed by atoms with van der Waals surface area (Å²) in [5, 5.41) is 1.81. The number of hydrogen-bond donors (Lipinski definition) is 5. The number of nitrogens with zero attached hydrogens (tertiary/aromatic N) is 25. The fourth-order valence-corrected chi connectivity index (χ4v) is 11.4. The lowest BCUT2D eigenvalue weighted by atomic mass is 9.92. The molecule has 10 aromatic heterocycles.